The highest BCUT2D eigenvalue weighted by Gasteiger charge is 2.52. The molecule has 0 atom stereocenters. The summed E-state index contributed by atoms with van der Waals surface area (Å²) in [6.07, 6.45) is 0. The van der Waals surface area contributed by atoms with Crippen LogP contribution in [0.4, 0.5) is 0 Å². The molecule has 4 heteroatoms. The molecule has 168 valence electrons. The fourth-order valence-corrected chi connectivity index (χ4v) is 6.06. The van der Waals surface area contributed by atoms with Gasteiger partial charge >= 0.3 is 7.12 Å². The molecule has 6 rings (SSSR count). The molecule has 5 aromatic rings. The molecule has 1 aliphatic rings. The zero-order valence-electron chi connectivity index (χ0n) is 20.0. The van der Waals surface area contributed by atoms with Crippen molar-refractivity contribution in [3.63, 3.8) is 0 Å². The Balaban J connectivity index is 1.46. The molecule has 1 saturated heterocycles. The van der Waals surface area contributed by atoms with Crippen LogP contribution in [0.3, 0.4) is 0 Å². The van der Waals surface area contributed by atoms with E-state index in [0.29, 0.717) is 0 Å². The summed E-state index contributed by atoms with van der Waals surface area (Å²) in [5.41, 5.74) is 5.36. The lowest BCUT2D eigenvalue weighted by Gasteiger charge is -2.32. The van der Waals surface area contributed by atoms with Gasteiger partial charge in [-0.1, -0.05) is 91.0 Å². The van der Waals surface area contributed by atoms with Gasteiger partial charge < -0.3 is 9.31 Å². The van der Waals surface area contributed by atoms with Crippen LogP contribution in [0.1, 0.15) is 27.7 Å². The zero-order chi connectivity index (χ0) is 23.5. The van der Waals surface area contributed by atoms with E-state index in [1.807, 2.05) is 11.3 Å². The van der Waals surface area contributed by atoms with Gasteiger partial charge in [0, 0.05) is 20.2 Å². The Morgan fingerprint density at radius 1 is 0.559 bits per heavy atom. The lowest BCUT2D eigenvalue weighted by molar-refractivity contribution is 0.00578. The van der Waals surface area contributed by atoms with E-state index in [1.54, 1.807) is 0 Å². The van der Waals surface area contributed by atoms with Gasteiger partial charge in [0.2, 0.25) is 0 Å². The summed E-state index contributed by atoms with van der Waals surface area (Å²) < 4.78 is 15.4. The Hall–Kier alpha value is -2.92. The van der Waals surface area contributed by atoms with E-state index in [0.717, 1.165) is 5.46 Å². The average Bonchev–Trinajstić information content (AvgIpc) is 3.33. The predicted octanol–water partition coefficient (Wildman–Crippen LogP) is 7.69. The molecule has 0 bridgehead atoms. The van der Waals surface area contributed by atoms with E-state index >= 15 is 0 Å². The Morgan fingerprint density at radius 3 is 1.79 bits per heavy atom. The fourth-order valence-electron chi connectivity index (χ4n) is 4.70. The Bertz CT molecular complexity index is 1480. The number of fused-ring (bicyclic) bond motifs is 3. The SMILES string of the molecule is CC1(C)OB(c2cccc3c2sc2c(-c4ccc(-c5ccccc5)cc4)cccc23)OC1(C)C. The number of rotatable bonds is 3. The molecule has 34 heavy (non-hydrogen) atoms. The molecular weight excluding hydrogens is 435 g/mol. The summed E-state index contributed by atoms with van der Waals surface area (Å²) in [6, 6.07) is 32.5. The van der Waals surface area contributed by atoms with E-state index in [4.69, 9.17) is 9.31 Å². The van der Waals surface area contributed by atoms with Crippen LogP contribution in [0.25, 0.3) is 42.4 Å². The molecule has 0 spiro atoms. The number of benzene rings is 4. The van der Waals surface area contributed by atoms with E-state index in [1.165, 1.54) is 42.4 Å². The average molecular weight is 462 g/mol. The quantitative estimate of drug-likeness (QED) is 0.256. The third-order valence-corrected chi connectivity index (χ3v) is 8.67. The molecular formula is C30H27BO2S. The van der Waals surface area contributed by atoms with E-state index in [2.05, 4.69) is 119 Å². The van der Waals surface area contributed by atoms with Crippen molar-refractivity contribution < 1.29 is 9.31 Å². The minimum absolute atomic E-state index is 0.359. The van der Waals surface area contributed by atoms with Gasteiger partial charge in [0.15, 0.2) is 0 Å². The number of thiophene rings is 1. The van der Waals surface area contributed by atoms with Gasteiger partial charge in [0.25, 0.3) is 0 Å². The van der Waals surface area contributed by atoms with Crippen LogP contribution in [0.5, 0.6) is 0 Å². The number of hydrogen-bond donors (Lipinski definition) is 0. The highest BCUT2D eigenvalue weighted by molar-refractivity contribution is 7.27. The molecule has 0 unspecified atom stereocenters. The largest absolute Gasteiger partial charge is 0.496 e. The fraction of sp³-hybridized carbons (Fsp3) is 0.200. The van der Waals surface area contributed by atoms with Crippen molar-refractivity contribution >= 4 is 44.1 Å². The summed E-state index contributed by atoms with van der Waals surface area (Å²) in [6.45, 7) is 8.43. The maximum atomic E-state index is 6.41. The molecule has 1 aliphatic heterocycles. The van der Waals surface area contributed by atoms with Gasteiger partial charge in [-0.2, -0.15) is 0 Å². The molecule has 2 heterocycles. The van der Waals surface area contributed by atoms with Crippen LogP contribution in [0, 0.1) is 0 Å². The predicted molar refractivity (Wildman–Crippen MR) is 146 cm³/mol. The maximum Gasteiger partial charge on any atom is 0.496 e. The van der Waals surface area contributed by atoms with Crippen molar-refractivity contribution in [1.29, 1.82) is 0 Å². The van der Waals surface area contributed by atoms with Crippen LogP contribution in [0.15, 0.2) is 91.0 Å². The first-order valence-corrected chi connectivity index (χ1v) is 12.6. The third kappa shape index (κ3) is 3.40. The molecule has 1 aromatic heterocycles. The second-order valence-corrected chi connectivity index (χ2v) is 11.1. The van der Waals surface area contributed by atoms with Gasteiger partial charge in [-0.15, -0.1) is 11.3 Å². The summed E-state index contributed by atoms with van der Waals surface area (Å²) in [7, 11) is -0.365. The zero-order valence-corrected chi connectivity index (χ0v) is 20.8. The summed E-state index contributed by atoms with van der Waals surface area (Å²) in [5.74, 6) is 0. The lowest BCUT2D eigenvalue weighted by atomic mass is 9.78. The Labute approximate surface area is 205 Å². The molecule has 0 aliphatic carbocycles. The van der Waals surface area contributed by atoms with E-state index in [-0.39, 0.29) is 18.3 Å². The van der Waals surface area contributed by atoms with Crippen molar-refractivity contribution in [1.82, 2.24) is 0 Å². The molecule has 0 amide bonds. The summed E-state index contributed by atoms with van der Waals surface area (Å²) in [5, 5.41) is 2.54. The second kappa shape index (κ2) is 7.81. The molecule has 2 nitrogen and oxygen atoms in total. The normalized spacial score (nSPS) is 17.0. The standard InChI is InChI=1S/C30H27BO2S/c1-29(2)30(3,4)33-31(32-29)26-15-9-14-25-24-13-8-12-23(27(24)34-28(25)26)22-18-16-21(17-19-22)20-10-6-5-7-11-20/h5-19H,1-4H3. The van der Waals surface area contributed by atoms with Crippen LogP contribution in [0.2, 0.25) is 0 Å². The summed E-state index contributed by atoms with van der Waals surface area (Å²) in [4.78, 5) is 0. The Kier molecular flexibility index (Phi) is 4.96. The van der Waals surface area contributed by atoms with E-state index in [9.17, 15) is 0 Å². The van der Waals surface area contributed by atoms with Crippen molar-refractivity contribution in [2.75, 3.05) is 0 Å². The summed E-state index contributed by atoms with van der Waals surface area (Å²) >= 11 is 1.84. The lowest BCUT2D eigenvalue weighted by Crippen LogP contribution is -2.41. The topological polar surface area (TPSA) is 18.5 Å². The molecule has 4 aromatic carbocycles. The molecule has 0 N–H and O–H groups in total. The van der Waals surface area contributed by atoms with Gasteiger partial charge in [-0.05, 0) is 55.3 Å². The van der Waals surface area contributed by atoms with Crippen molar-refractivity contribution in [3.05, 3.63) is 91.0 Å². The van der Waals surface area contributed by atoms with E-state index < -0.39 is 0 Å². The Morgan fingerprint density at radius 2 is 1.12 bits per heavy atom. The maximum absolute atomic E-state index is 6.41. The monoisotopic (exact) mass is 462 g/mol. The molecule has 0 radical (unpaired) electrons. The van der Waals surface area contributed by atoms with Crippen molar-refractivity contribution in [2.24, 2.45) is 0 Å². The van der Waals surface area contributed by atoms with Gasteiger partial charge in [0.1, 0.15) is 0 Å². The first-order valence-electron chi connectivity index (χ1n) is 11.8. The molecule has 1 fully saturated rings. The van der Waals surface area contributed by atoms with Crippen LogP contribution < -0.4 is 5.46 Å². The van der Waals surface area contributed by atoms with Crippen LogP contribution in [-0.2, 0) is 9.31 Å². The third-order valence-electron chi connectivity index (χ3n) is 7.37. The highest BCUT2D eigenvalue weighted by atomic mass is 32.1. The van der Waals surface area contributed by atoms with Gasteiger partial charge in [-0.25, -0.2) is 0 Å². The minimum atomic E-state index is -0.365. The second-order valence-electron chi connectivity index (χ2n) is 10.0. The number of hydrogen-bond acceptors (Lipinski definition) is 3. The highest BCUT2D eigenvalue weighted by Crippen LogP contribution is 2.42. The minimum Gasteiger partial charge on any atom is -0.399 e. The van der Waals surface area contributed by atoms with Crippen molar-refractivity contribution in [2.45, 2.75) is 38.9 Å². The van der Waals surface area contributed by atoms with Gasteiger partial charge in [-0.3, -0.25) is 0 Å². The molecule has 0 saturated carbocycles. The van der Waals surface area contributed by atoms with Crippen LogP contribution >= 0.6 is 11.3 Å². The van der Waals surface area contributed by atoms with Crippen LogP contribution in [-0.4, -0.2) is 18.3 Å². The van der Waals surface area contributed by atoms with Gasteiger partial charge in [0.05, 0.1) is 11.2 Å². The van der Waals surface area contributed by atoms with Crippen molar-refractivity contribution in [3.8, 4) is 22.3 Å². The first-order chi connectivity index (χ1) is 16.3. The smallest absolute Gasteiger partial charge is 0.399 e. The first kappa shape index (κ1) is 21.6.